The summed E-state index contributed by atoms with van der Waals surface area (Å²) in [7, 11) is 0. The molecule has 0 heterocycles. The number of carbonyl (C=O) groups excluding carboxylic acids is 1. The van der Waals surface area contributed by atoms with Gasteiger partial charge in [0.25, 0.3) is 11.6 Å². The molecular formula is C17H16ClN3O4S. The highest BCUT2D eigenvalue weighted by atomic mass is 35.5. The molecule has 0 radical (unpaired) electrons. The minimum Gasteiger partial charge on any atom is -0.484 e. The Bertz CT molecular complexity index is 827. The molecule has 0 saturated heterocycles. The predicted octanol–water partition coefficient (Wildman–Crippen LogP) is 3.70. The molecule has 2 N–H and O–H groups in total. The van der Waals surface area contributed by atoms with Crippen molar-refractivity contribution in [3.8, 4) is 5.75 Å². The number of amides is 1. The Morgan fingerprint density at radius 1 is 1.27 bits per heavy atom. The van der Waals surface area contributed by atoms with E-state index in [-0.39, 0.29) is 22.4 Å². The molecule has 0 fully saturated rings. The highest BCUT2D eigenvalue weighted by Gasteiger charge is 2.14. The lowest BCUT2D eigenvalue weighted by atomic mass is 10.2. The Balaban J connectivity index is 1.86. The first-order chi connectivity index (χ1) is 12.4. The van der Waals surface area contributed by atoms with Crippen LogP contribution in [-0.2, 0) is 11.2 Å². The number of halogens is 1. The minimum absolute atomic E-state index is 0.00319. The summed E-state index contributed by atoms with van der Waals surface area (Å²) in [6.45, 7) is 1.83. The number of benzene rings is 2. The van der Waals surface area contributed by atoms with Crippen LogP contribution in [-0.4, -0.2) is 22.5 Å². The van der Waals surface area contributed by atoms with Gasteiger partial charge < -0.3 is 10.1 Å². The second-order valence-electron chi connectivity index (χ2n) is 5.21. The zero-order chi connectivity index (χ0) is 19.1. The summed E-state index contributed by atoms with van der Waals surface area (Å²) >= 11 is 10.8. The molecule has 0 aliphatic carbocycles. The largest absolute Gasteiger partial charge is 0.484 e. The van der Waals surface area contributed by atoms with E-state index in [1.165, 1.54) is 23.8 Å². The number of nitro benzene ring substituents is 1. The molecule has 0 aromatic heterocycles. The molecule has 0 atom stereocenters. The molecular weight excluding hydrogens is 378 g/mol. The zero-order valence-electron chi connectivity index (χ0n) is 13.8. The van der Waals surface area contributed by atoms with Gasteiger partial charge in [-0.05, 0) is 48.5 Å². The number of hydrogen-bond donors (Lipinski definition) is 2. The Morgan fingerprint density at radius 2 is 1.96 bits per heavy atom. The molecule has 0 bridgehead atoms. The number of aryl methyl sites for hydroxylation is 1. The summed E-state index contributed by atoms with van der Waals surface area (Å²) < 4.78 is 5.38. The molecule has 1 amide bonds. The standard InChI is InChI=1S/C17H16ClN3O4S/c1-2-11-3-6-13(7-4-11)25-10-16(22)20-17(26)19-12-5-8-14(18)15(9-12)21(23)24/h3-9H,2,10H2,1H3,(H2,19,20,22,26). The van der Waals surface area contributed by atoms with Crippen LogP contribution in [0.2, 0.25) is 5.02 Å². The highest BCUT2D eigenvalue weighted by molar-refractivity contribution is 7.80. The average Bonchev–Trinajstić information content (AvgIpc) is 2.61. The van der Waals surface area contributed by atoms with Gasteiger partial charge in [-0.3, -0.25) is 20.2 Å². The van der Waals surface area contributed by atoms with Crippen LogP contribution in [0.4, 0.5) is 11.4 Å². The Kier molecular flexibility index (Phi) is 6.88. The van der Waals surface area contributed by atoms with Crippen LogP contribution in [0.3, 0.4) is 0 Å². The fourth-order valence-corrected chi connectivity index (χ4v) is 2.44. The normalized spacial score (nSPS) is 10.1. The molecule has 2 aromatic rings. The monoisotopic (exact) mass is 393 g/mol. The molecule has 0 aliphatic heterocycles. The fraction of sp³-hybridized carbons (Fsp3) is 0.176. The SMILES string of the molecule is CCc1ccc(OCC(=O)NC(=S)Nc2ccc(Cl)c([N+](=O)[O-])c2)cc1. The first kappa shape index (κ1) is 19.6. The second-order valence-corrected chi connectivity index (χ2v) is 6.03. The van der Waals surface area contributed by atoms with Gasteiger partial charge in [0.05, 0.1) is 4.92 Å². The van der Waals surface area contributed by atoms with Gasteiger partial charge in [-0.25, -0.2) is 0 Å². The maximum Gasteiger partial charge on any atom is 0.289 e. The van der Waals surface area contributed by atoms with Crippen molar-refractivity contribution in [1.82, 2.24) is 5.32 Å². The van der Waals surface area contributed by atoms with Crippen molar-refractivity contribution in [2.75, 3.05) is 11.9 Å². The first-order valence-corrected chi connectivity index (χ1v) is 8.44. The molecule has 136 valence electrons. The third kappa shape index (κ3) is 5.68. The van der Waals surface area contributed by atoms with Crippen LogP contribution in [0.15, 0.2) is 42.5 Å². The predicted molar refractivity (Wildman–Crippen MR) is 104 cm³/mol. The van der Waals surface area contributed by atoms with E-state index < -0.39 is 10.8 Å². The summed E-state index contributed by atoms with van der Waals surface area (Å²) in [6.07, 6.45) is 0.920. The molecule has 2 aromatic carbocycles. The molecule has 26 heavy (non-hydrogen) atoms. The maximum atomic E-state index is 11.9. The van der Waals surface area contributed by atoms with Crippen molar-refractivity contribution in [1.29, 1.82) is 0 Å². The van der Waals surface area contributed by atoms with Gasteiger partial charge in [0, 0.05) is 11.8 Å². The summed E-state index contributed by atoms with van der Waals surface area (Å²) in [4.78, 5) is 22.1. The Labute approximate surface area is 160 Å². The van der Waals surface area contributed by atoms with Gasteiger partial charge in [-0.15, -0.1) is 0 Å². The van der Waals surface area contributed by atoms with Crippen LogP contribution >= 0.6 is 23.8 Å². The number of thiocarbonyl (C=S) groups is 1. The van der Waals surface area contributed by atoms with Gasteiger partial charge in [-0.2, -0.15) is 0 Å². The number of hydrogen-bond acceptors (Lipinski definition) is 5. The van der Waals surface area contributed by atoms with E-state index in [1.54, 1.807) is 12.1 Å². The van der Waals surface area contributed by atoms with E-state index in [9.17, 15) is 14.9 Å². The van der Waals surface area contributed by atoms with Crippen molar-refractivity contribution in [3.05, 3.63) is 63.2 Å². The summed E-state index contributed by atoms with van der Waals surface area (Å²) in [5.74, 6) is 0.120. The fourth-order valence-electron chi connectivity index (χ4n) is 2.03. The summed E-state index contributed by atoms with van der Waals surface area (Å²) in [6, 6.07) is 11.5. The number of nitro groups is 1. The average molecular weight is 394 g/mol. The van der Waals surface area contributed by atoms with Gasteiger partial charge >= 0.3 is 0 Å². The summed E-state index contributed by atoms with van der Waals surface area (Å²) in [5, 5.41) is 16.0. The van der Waals surface area contributed by atoms with Gasteiger partial charge in [0.1, 0.15) is 10.8 Å². The number of nitrogens with one attached hydrogen (secondary N) is 2. The number of nitrogens with zero attached hydrogens (tertiary/aromatic N) is 1. The molecule has 2 rings (SSSR count). The number of anilines is 1. The Morgan fingerprint density at radius 3 is 2.58 bits per heavy atom. The third-order valence-electron chi connectivity index (χ3n) is 3.36. The van der Waals surface area contributed by atoms with E-state index in [1.807, 2.05) is 19.1 Å². The van der Waals surface area contributed by atoms with Crippen molar-refractivity contribution in [3.63, 3.8) is 0 Å². The molecule has 7 nitrogen and oxygen atoms in total. The maximum absolute atomic E-state index is 11.9. The second kappa shape index (κ2) is 9.12. The van der Waals surface area contributed by atoms with Crippen molar-refractivity contribution in [2.24, 2.45) is 0 Å². The lowest BCUT2D eigenvalue weighted by molar-refractivity contribution is -0.384. The molecule has 0 spiro atoms. The van der Waals surface area contributed by atoms with E-state index in [0.717, 1.165) is 6.42 Å². The van der Waals surface area contributed by atoms with Crippen molar-refractivity contribution < 1.29 is 14.5 Å². The lowest BCUT2D eigenvalue weighted by Crippen LogP contribution is -2.37. The van der Waals surface area contributed by atoms with E-state index in [2.05, 4.69) is 10.6 Å². The van der Waals surface area contributed by atoms with Crippen molar-refractivity contribution in [2.45, 2.75) is 13.3 Å². The van der Waals surface area contributed by atoms with Gasteiger partial charge in [-0.1, -0.05) is 30.7 Å². The smallest absolute Gasteiger partial charge is 0.289 e. The third-order valence-corrected chi connectivity index (χ3v) is 3.88. The number of ether oxygens (including phenoxy) is 1. The quantitative estimate of drug-likeness (QED) is 0.441. The van der Waals surface area contributed by atoms with Crippen LogP contribution < -0.4 is 15.4 Å². The zero-order valence-corrected chi connectivity index (χ0v) is 15.4. The lowest BCUT2D eigenvalue weighted by Gasteiger charge is -2.11. The molecule has 0 aliphatic rings. The highest BCUT2D eigenvalue weighted by Crippen LogP contribution is 2.27. The summed E-state index contributed by atoms with van der Waals surface area (Å²) in [5.41, 5.74) is 1.25. The van der Waals surface area contributed by atoms with Gasteiger partial charge in [0.2, 0.25) is 0 Å². The van der Waals surface area contributed by atoms with Crippen LogP contribution in [0.1, 0.15) is 12.5 Å². The van der Waals surface area contributed by atoms with E-state index in [4.69, 9.17) is 28.6 Å². The van der Waals surface area contributed by atoms with E-state index >= 15 is 0 Å². The Hall–Kier alpha value is -2.71. The number of carbonyl (C=O) groups is 1. The van der Waals surface area contributed by atoms with Crippen LogP contribution in [0.25, 0.3) is 0 Å². The van der Waals surface area contributed by atoms with Crippen molar-refractivity contribution >= 4 is 46.2 Å². The molecule has 9 heteroatoms. The van der Waals surface area contributed by atoms with Crippen LogP contribution in [0.5, 0.6) is 5.75 Å². The van der Waals surface area contributed by atoms with Gasteiger partial charge in [0.15, 0.2) is 11.7 Å². The first-order valence-electron chi connectivity index (χ1n) is 7.65. The molecule has 0 unspecified atom stereocenters. The van der Waals surface area contributed by atoms with E-state index in [0.29, 0.717) is 11.4 Å². The minimum atomic E-state index is -0.604. The molecule has 0 saturated carbocycles. The number of rotatable bonds is 6. The van der Waals surface area contributed by atoms with Crippen LogP contribution in [0, 0.1) is 10.1 Å². The topological polar surface area (TPSA) is 93.5 Å².